The molecule has 2 aromatic carbocycles. The first kappa shape index (κ1) is 19.2. The Labute approximate surface area is 167 Å². The second-order valence-electron chi connectivity index (χ2n) is 6.44. The van der Waals surface area contributed by atoms with Crippen molar-refractivity contribution < 1.29 is 9.53 Å². The molecule has 3 rings (SSSR count). The van der Waals surface area contributed by atoms with E-state index < -0.39 is 6.10 Å². The molecule has 1 amide bonds. The lowest BCUT2D eigenvalue weighted by Gasteiger charge is -2.22. The molecule has 0 saturated heterocycles. The van der Waals surface area contributed by atoms with Crippen LogP contribution in [0, 0.1) is 6.92 Å². The Hall–Kier alpha value is -2.60. The summed E-state index contributed by atoms with van der Waals surface area (Å²) in [6.45, 7) is 3.74. The van der Waals surface area contributed by atoms with Crippen molar-refractivity contribution in [1.29, 1.82) is 0 Å². The van der Waals surface area contributed by atoms with E-state index in [0.717, 1.165) is 21.4 Å². The van der Waals surface area contributed by atoms with E-state index in [4.69, 9.17) is 4.74 Å². The first-order valence-corrected chi connectivity index (χ1v) is 9.50. The van der Waals surface area contributed by atoms with Gasteiger partial charge in [0.1, 0.15) is 17.6 Å². The van der Waals surface area contributed by atoms with Gasteiger partial charge in [-0.1, -0.05) is 36.4 Å². The average Bonchev–Trinajstić information content (AvgIpc) is 3.08. The third kappa shape index (κ3) is 4.57. The van der Waals surface area contributed by atoms with Crippen molar-refractivity contribution in [2.75, 3.05) is 0 Å². The molecule has 3 aromatic rings. The van der Waals surface area contributed by atoms with Crippen LogP contribution in [0.4, 0.5) is 0 Å². The van der Waals surface area contributed by atoms with Crippen molar-refractivity contribution in [2.24, 2.45) is 7.05 Å². The first-order chi connectivity index (χ1) is 13.0. The number of imidazole rings is 1. The number of halogens is 1. The van der Waals surface area contributed by atoms with Crippen LogP contribution in [-0.2, 0) is 11.8 Å². The molecule has 0 bridgehead atoms. The van der Waals surface area contributed by atoms with E-state index in [0.29, 0.717) is 5.75 Å². The summed E-state index contributed by atoms with van der Waals surface area (Å²) in [4.78, 5) is 17.2. The molecule has 5 nitrogen and oxygen atoms in total. The lowest BCUT2D eigenvalue weighted by Crippen LogP contribution is -2.39. The fourth-order valence-corrected chi connectivity index (χ4v) is 3.39. The van der Waals surface area contributed by atoms with Crippen molar-refractivity contribution in [1.82, 2.24) is 14.9 Å². The van der Waals surface area contributed by atoms with Crippen LogP contribution >= 0.6 is 15.9 Å². The minimum absolute atomic E-state index is 0.209. The predicted molar refractivity (Wildman–Crippen MR) is 109 cm³/mol. The van der Waals surface area contributed by atoms with Gasteiger partial charge in [-0.05, 0) is 53.0 Å². The summed E-state index contributed by atoms with van der Waals surface area (Å²) in [7, 11) is 1.91. The van der Waals surface area contributed by atoms with E-state index >= 15 is 0 Å². The maximum absolute atomic E-state index is 12.8. The number of carbonyl (C=O) groups excluding carboxylic acids is 1. The number of nitrogens with zero attached hydrogens (tertiary/aromatic N) is 2. The molecule has 1 heterocycles. The number of aromatic nitrogens is 2. The van der Waals surface area contributed by atoms with Gasteiger partial charge < -0.3 is 14.6 Å². The largest absolute Gasteiger partial charge is 0.480 e. The molecule has 2 atom stereocenters. The Bertz CT molecular complexity index is 924. The smallest absolute Gasteiger partial charge is 0.261 e. The Morgan fingerprint density at radius 3 is 2.59 bits per heavy atom. The summed E-state index contributed by atoms with van der Waals surface area (Å²) in [6.07, 6.45) is 2.93. The van der Waals surface area contributed by atoms with Gasteiger partial charge in [0, 0.05) is 19.4 Å². The summed E-state index contributed by atoms with van der Waals surface area (Å²) in [5.74, 6) is 1.19. The minimum Gasteiger partial charge on any atom is -0.480 e. The summed E-state index contributed by atoms with van der Waals surface area (Å²) in [5.41, 5.74) is 2.08. The highest BCUT2D eigenvalue weighted by molar-refractivity contribution is 9.10. The molecule has 140 valence electrons. The fraction of sp³-hybridized carbons (Fsp3) is 0.238. The minimum atomic E-state index is -0.657. The van der Waals surface area contributed by atoms with Crippen LogP contribution in [0.5, 0.6) is 5.75 Å². The van der Waals surface area contributed by atoms with Crippen molar-refractivity contribution in [3.05, 3.63) is 82.3 Å². The monoisotopic (exact) mass is 427 g/mol. The summed E-state index contributed by atoms with van der Waals surface area (Å²) in [5, 5.41) is 3.06. The molecule has 0 aliphatic carbocycles. The molecule has 27 heavy (non-hydrogen) atoms. The van der Waals surface area contributed by atoms with Crippen LogP contribution in [0.25, 0.3) is 0 Å². The predicted octanol–water partition coefficient (Wildman–Crippen LogP) is 4.16. The molecule has 1 N–H and O–H groups in total. The lowest BCUT2D eigenvalue weighted by atomic mass is 10.1. The molecule has 0 fully saturated rings. The Morgan fingerprint density at radius 2 is 1.96 bits per heavy atom. The van der Waals surface area contributed by atoms with E-state index in [2.05, 4.69) is 26.2 Å². The Kier molecular flexibility index (Phi) is 5.96. The van der Waals surface area contributed by atoms with Gasteiger partial charge in [0.05, 0.1) is 4.47 Å². The molecule has 0 aliphatic heterocycles. The zero-order valence-corrected chi connectivity index (χ0v) is 17.1. The summed E-state index contributed by atoms with van der Waals surface area (Å²) < 4.78 is 8.59. The second kappa shape index (κ2) is 8.39. The SMILES string of the molecule is Cc1ccc(O[C@H](C)C(=O)N[C@@H](c2ccccc2)c2nccn2C)c(Br)c1. The molecule has 1 aromatic heterocycles. The van der Waals surface area contributed by atoms with Gasteiger partial charge in [-0.3, -0.25) is 4.79 Å². The number of benzene rings is 2. The first-order valence-electron chi connectivity index (χ1n) is 8.71. The molecule has 6 heteroatoms. The number of rotatable bonds is 6. The highest BCUT2D eigenvalue weighted by Gasteiger charge is 2.24. The molecule has 0 radical (unpaired) electrons. The van der Waals surface area contributed by atoms with Crippen molar-refractivity contribution in [3.63, 3.8) is 0 Å². The number of hydrogen-bond acceptors (Lipinski definition) is 3. The molecular formula is C21H22BrN3O2. The fourth-order valence-electron chi connectivity index (χ4n) is 2.80. The zero-order chi connectivity index (χ0) is 19.4. The standard InChI is InChI=1S/C21H22BrN3O2/c1-14-9-10-18(17(22)13-14)27-15(2)21(26)24-19(16-7-5-4-6-8-16)20-23-11-12-25(20)3/h4-13,15,19H,1-3H3,(H,24,26)/t15-,19+/m1/s1. The Balaban J connectivity index is 1.79. The van der Waals surface area contributed by atoms with Crippen LogP contribution in [0.1, 0.15) is 29.9 Å². The highest BCUT2D eigenvalue weighted by Crippen LogP contribution is 2.27. The van der Waals surface area contributed by atoms with Gasteiger partial charge in [0.2, 0.25) is 0 Å². The lowest BCUT2D eigenvalue weighted by molar-refractivity contribution is -0.127. The van der Waals surface area contributed by atoms with Crippen LogP contribution in [-0.4, -0.2) is 21.6 Å². The van der Waals surface area contributed by atoms with Gasteiger partial charge in [0.15, 0.2) is 6.10 Å². The maximum Gasteiger partial charge on any atom is 0.261 e. The van der Waals surface area contributed by atoms with Crippen LogP contribution < -0.4 is 10.1 Å². The number of ether oxygens (including phenoxy) is 1. The third-order valence-corrected chi connectivity index (χ3v) is 4.92. The quantitative estimate of drug-likeness (QED) is 0.642. The molecule has 0 aliphatic rings. The molecule has 0 unspecified atom stereocenters. The Morgan fingerprint density at radius 1 is 1.22 bits per heavy atom. The van der Waals surface area contributed by atoms with Gasteiger partial charge >= 0.3 is 0 Å². The summed E-state index contributed by atoms with van der Waals surface area (Å²) in [6, 6.07) is 15.2. The van der Waals surface area contributed by atoms with Gasteiger partial charge in [-0.25, -0.2) is 4.98 Å². The van der Waals surface area contributed by atoms with Gasteiger partial charge in [0.25, 0.3) is 5.91 Å². The van der Waals surface area contributed by atoms with Crippen molar-refractivity contribution in [3.8, 4) is 5.75 Å². The van der Waals surface area contributed by atoms with Crippen LogP contribution in [0.15, 0.2) is 65.4 Å². The normalized spacial score (nSPS) is 13.0. The number of nitrogens with one attached hydrogen (secondary N) is 1. The summed E-state index contributed by atoms with van der Waals surface area (Å²) >= 11 is 3.48. The second-order valence-corrected chi connectivity index (χ2v) is 7.30. The van der Waals surface area contributed by atoms with E-state index in [1.165, 1.54) is 0 Å². The number of hydrogen-bond donors (Lipinski definition) is 1. The van der Waals surface area contributed by atoms with E-state index in [1.807, 2.05) is 73.3 Å². The van der Waals surface area contributed by atoms with Crippen LogP contribution in [0.2, 0.25) is 0 Å². The van der Waals surface area contributed by atoms with E-state index in [9.17, 15) is 4.79 Å². The highest BCUT2D eigenvalue weighted by atomic mass is 79.9. The van der Waals surface area contributed by atoms with Crippen molar-refractivity contribution >= 4 is 21.8 Å². The van der Waals surface area contributed by atoms with Crippen molar-refractivity contribution in [2.45, 2.75) is 26.0 Å². The molecular weight excluding hydrogens is 406 g/mol. The van der Waals surface area contributed by atoms with Crippen LogP contribution in [0.3, 0.4) is 0 Å². The number of aryl methyl sites for hydroxylation is 2. The number of carbonyl (C=O) groups is 1. The third-order valence-electron chi connectivity index (χ3n) is 4.30. The zero-order valence-electron chi connectivity index (χ0n) is 15.5. The van der Waals surface area contributed by atoms with Gasteiger partial charge in [-0.2, -0.15) is 0 Å². The average molecular weight is 428 g/mol. The topological polar surface area (TPSA) is 56.1 Å². The maximum atomic E-state index is 12.8. The number of amides is 1. The van der Waals surface area contributed by atoms with Gasteiger partial charge in [-0.15, -0.1) is 0 Å². The van der Waals surface area contributed by atoms with E-state index in [1.54, 1.807) is 13.1 Å². The molecule has 0 spiro atoms. The van der Waals surface area contributed by atoms with E-state index in [-0.39, 0.29) is 11.9 Å². The molecule has 0 saturated carbocycles.